The number of aromatic nitrogens is 4. The van der Waals surface area contributed by atoms with Gasteiger partial charge in [0.25, 0.3) is 5.91 Å². The van der Waals surface area contributed by atoms with Gasteiger partial charge in [0.15, 0.2) is 0 Å². The molecule has 21 heavy (non-hydrogen) atoms. The van der Waals surface area contributed by atoms with Gasteiger partial charge in [0.2, 0.25) is 0 Å². The van der Waals surface area contributed by atoms with Crippen LogP contribution in [0.15, 0.2) is 43.2 Å². The minimum Gasteiger partial charge on any atom is -0.350 e. The van der Waals surface area contributed by atoms with Crippen molar-refractivity contribution in [2.75, 3.05) is 0 Å². The van der Waals surface area contributed by atoms with Gasteiger partial charge in [0.1, 0.15) is 5.65 Å². The normalized spacial score (nSPS) is 11.2. The molecular formula is C15H17N5O. The predicted molar refractivity (Wildman–Crippen MR) is 79.1 cm³/mol. The van der Waals surface area contributed by atoms with E-state index in [-0.39, 0.29) is 11.9 Å². The first-order chi connectivity index (χ1) is 10.1. The Balaban J connectivity index is 1.86. The molecule has 0 aliphatic carbocycles. The lowest BCUT2D eigenvalue weighted by Crippen LogP contribution is -2.30. The van der Waals surface area contributed by atoms with Crippen LogP contribution in [0, 0.1) is 0 Å². The van der Waals surface area contributed by atoms with E-state index in [2.05, 4.69) is 15.3 Å². The topological polar surface area (TPSA) is 64.2 Å². The molecule has 3 rings (SSSR count). The maximum absolute atomic E-state index is 12.0. The third kappa shape index (κ3) is 2.94. The summed E-state index contributed by atoms with van der Waals surface area (Å²) in [5.74, 6) is -0.0724. The van der Waals surface area contributed by atoms with Gasteiger partial charge in [-0.3, -0.25) is 4.79 Å². The molecule has 0 spiro atoms. The summed E-state index contributed by atoms with van der Waals surface area (Å²) in [4.78, 5) is 20.5. The zero-order valence-electron chi connectivity index (χ0n) is 12.0. The molecule has 0 aromatic carbocycles. The summed E-state index contributed by atoms with van der Waals surface area (Å²) < 4.78 is 3.83. The van der Waals surface area contributed by atoms with E-state index in [1.54, 1.807) is 24.8 Å². The maximum atomic E-state index is 12.0. The summed E-state index contributed by atoms with van der Waals surface area (Å²) in [6.45, 7) is 4.54. The van der Waals surface area contributed by atoms with Crippen molar-refractivity contribution in [2.45, 2.75) is 26.4 Å². The molecule has 0 radical (unpaired) electrons. The average molecular weight is 283 g/mol. The van der Waals surface area contributed by atoms with Gasteiger partial charge in [0, 0.05) is 30.8 Å². The molecule has 0 unspecified atom stereocenters. The van der Waals surface area contributed by atoms with Gasteiger partial charge >= 0.3 is 0 Å². The summed E-state index contributed by atoms with van der Waals surface area (Å²) >= 11 is 0. The van der Waals surface area contributed by atoms with Crippen LogP contribution in [0.25, 0.3) is 5.65 Å². The number of nitrogens with one attached hydrogen (secondary N) is 1. The van der Waals surface area contributed by atoms with Gasteiger partial charge in [-0.25, -0.2) is 9.97 Å². The molecule has 0 aliphatic rings. The second-order valence-corrected chi connectivity index (χ2v) is 5.28. The number of hydrogen-bond donors (Lipinski definition) is 1. The summed E-state index contributed by atoms with van der Waals surface area (Å²) in [6.07, 6.45) is 9.13. The number of nitrogens with zero attached hydrogens (tertiary/aromatic N) is 4. The fourth-order valence-corrected chi connectivity index (χ4v) is 2.17. The van der Waals surface area contributed by atoms with E-state index < -0.39 is 0 Å². The molecule has 3 heterocycles. The van der Waals surface area contributed by atoms with E-state index in [9.17, 15) is 4.79 Å². The lowest BCUT2D eigenvalue weighted by Gasteiger charge is -2.08. The molecule has 0 fully saturated rings. The third-order valence-electron chi connectivity index (χ3n) is 3.09. The lowest BCUT2D eigenvalue weighted by molar-refractivity contribution is 0.0942. The van der Waals surface area contributed by atoms with Crippen molar-refractivity contribution in [3.05, 3.63) is 54.5 Å². The monoisotopic (exact) mass is 283 g/mol. The molecule has 1 N–H and O–H groups in total. The van der Waals surface area contributed by atoms with Gasteiger partial charge in [-0.15, -0.1) is 0 Å². The van der Waals surface area contributed by atoms with Crippen LogP contribution in [0.2, 0.25) is 0 Å². The number of hydrogen-bond acceptors (Lipinski definition) is 3. The highest BCUT2D eigenvalue weighted by Crippen LogP contribution is 2.09. The number of fused-ring (bicyclic) bond motifs is 1. The Labute approximate surface area is 122 Å². The van der Waals surface area contributed by atoms with Crippen molar-refractivity contribution in [1.82, 2.24) is 24.3 Å². The fraction of sp³-hybridized carbons (Fsp3) is 0.267. The van der Waals surface area contributed by atoms with Crippen LogP contribution in [-0.4, -0.2) is 30.9 Å². The number of carbonyl (C=O) groups excluding carboxylic acids is 1. The lowest BCUT2D eigenvalue weighted by atomic mass is 10.2. The van der Waals surface area contributed by atoms with E-state index in [1.165, 1.54) is 0 Å². The Morgan fingerprint density at radius 1 is 1.33 bits per heavy atom. The second-order valence-electron chi connectivity index (χ2n) is 5.28. The Morgan fingerprint density at radius 3 is 2.90 bits per heavy atom. The highest BCUT2D eigenvalue weighted by molar-refractivity contribution is 5.94. The number of amides is 1. The fourth-order valence-electron chi connectivity index (χ4n) is 2.17. The molecule has 1 amide bonds. The van der Waals surface area contributed by atoms with Gasteiger partial charge in [-0.1, -0.05) is 0 Å². The van der Waals surface area contributed by atoms with Crippen LogP contribution in [0.4, 0.5) is 0 Å². The molecule has 3 aromatic rings. The van der Waals surface area contributed by atoms with Crippen LogP contribution < -0.4 is 5.32 Å². The molecule has 3 aromatic heterocycles. The number of rotatable bonds is 4. The largest absolute Gasteiger partial charge is 0.350 e. The van der Waals surface area contributed by atoms with Crippen molar-refractivity contribution >= 4 is 11.6 Å². The van der Waals surface area contributed by atoms with Crippen molar-refractivity contribution in [1.29, 1.82) is 0 Å². The van der Waals surface area contributed by atoms with Crippen molar-refractivity contribution < 1.29 is 4.79 Å². The molecule has 6 nitrogen and oxygen atoms in total. The van der Waals surface area contributed by atoms with Crippen LogP contribution in [0.1, 0.15) is 29.9 Å². The van der Waals surface area contributed by atoms with Gasteiger partial charge < -0.3 is 14.3 Å². The standard InChI is InChI=1S/C15H17N5O/c1-11(2)17-15(21)12-3-4-14-18-13(9-20(14)7-12)8-19-6-5-16-10-19/h3-7,9-11H,8H2,1-2H3,(H,17,21). The average Bonchev–Trinajstić information content (AvgIpc) is 3.05. The molecule has 0 aliphatic heterocycles. The quantitative estimate of drug-likeness (QED) is 0.793. The second kappa shape index (κ2) is 5.40. The van der Waals surface area contributed by atoms with E-state index in [1.807, 2.05) is 41.3 Å². The molecule has 108 valence electrons. The van der Waals surface area contributed by atoms with E-state index >= 15 is 0 Å². The minimum absolute atomic E-state index is 0.0724. The van der Waals surface area contributed by atoms with Crippen molar-refractivity contribution in [3.8, 4) is 0 Å². The smallest absolute Gasteiger partial charge is 0.252 e. The Kier molecular flexibility index (Phi) is 3.43. The van der Waals surface area contributed by atoms with Gasteiger partial charge in [-0.2, -0.15) is 0 Å². The minimum atomic E-state index is -0.0724. The Morgan fingerprint density at radius 2 is 2.19 bits per heavy atom. The highest BCUT2D eigenvalue weighted by atomic mass is 16.1. The summed E-state index contributed by atoms with van der Waals surface area (Å²) in [5, 5.41) is 2.88. The van der Waals surface area contributed by atoms with Crippen LogP contribution in [0.3, 0.4) is 0 Å². The summed E-state index contributed by atoms with van der Waals surface area (Å²) in [7, 11) is 0. The highest BCUT2D eigenvalue weighted by Gasteiger charge is 2.09. The molecule has 0 atom stereocenters. The zero-order valence-corrected chi connectivity index (χ0v) is 12.0. The molecule has 0 saturated carbocycles. The molecule has 0 saturated heterocycles. The number of pyridine rings is 1. The van der Waals surface area contributed by atoms with Crippen LogP contribution in [0.5, 0.6) is 0 Å². The third-order valence-corrected chi connectivity index (χ3v) is 3.09. The Hall–Kier alpha value is -2.63. The summed E-state index contributed by atoms with van der Waals surface area (Å²) in [6, 6.07) is 3.76. The first-order valence-electron chi connectivity index (χ1n) is 6.86. The van der Waals surface area contributed by atoms with Crippen LogP contribution >= 0.6 is 0 Å². The van der Waals surface area contributed by atoms with E-state index in [0.717, 1.165) is 11.3 Å². The van der Waals surface area contributed by atoms with E-state index in [4.69, 9.17) is 0 Å². The SMILES string of the molecule is CC(C)NC(=O)c1ccc2nc(Cn3ccnc3)cn2c1. The molecule has 0 bridgehead atoms. The summed E-state index contributed by atoms with van der Waals surface area (Å²) in [5.41, 5.74) is 2.38. The number of imidazole rings is 2. The first-order valence-corrected chi connectivity index (χ1v) is 6.86. The zero-order chi connectivity index (χ0) is 14.8. The van der Waals surface area contributed by atoms with Gasteiger partial charge in [0.05, 0.1) is 24.1 Å². The van der Waals surface area contributed by atoms with Crippen molar-refractivity contribution in [2.24, 2.45) is 0 Å². The maximum Gasteiger partial charge on any atom is 0.252 e. The first kappa shape index (κ1) is 13.4. The molecular weight excluding hydrogens is 266 g/mol. The predicted octanol–water partition coefficient (Wildman–Crippen LogP) is 1.72. The van der Waals surface area contributed by atoms with Gasteiger partial charge in [-0.05, 0) is 26.0 Å². The van der Waals surface area contributed by atoms with Crippen molar-refractivity contribution in [3.63, 3.8) is 0 Å². The Bertz CT molecular complexity index is 758. The van der Waals surface area contributed by atoms with E-state index in [0.29, 0.717) is 12.1 Å². The number of carbonyl (C=O) groups is 1. The molecule has 6 heteroatoms. The van der Waals surface area contributed by atoms with Crippen LogP contribution in [-0.2, 0) is 6.54 Å².